The molecule has 0 unspecified atom stereocenters. The van der Waals surface area contributed by atoms with E-state index in [0.29, 0.717) is 3.57 Å². The van der Waals surface area contributed by atoms with E-state index in [-0.39, 0.29) is 18.2 Å². The summed E-state index contributed by atoms with van der Waals surface area (Å²) >= 11 is 1.82. The van der Waals surface area contributed by atoms with Crippen molar-refractivity contribution in [3.63, 3.8) is 0 Å². The lowest BCUT2D eigenvalue weighted by Gasteiger charge is -1.93. The van der Waals surface area contributed by atoms with E-state index in [1.165, 1.54) is 12.3 Å². The van der Waals surface area contributed by atoms with E-state index in [4.69, 9.17) is 5.11 Å². The number of nitrogens with zero attached hydrogens (tertiary/aromatic N) is 1. The molecular formula is C5H4ClFINO. The Balaban J connectivity index is 0.000000810. The topological polar surface area (TPSA) is 33.1 Å². The third-order valence-electron chi connectivity index (χ3n) is 0.830. The van der Waals surface area contributed by atoms with Gasteiger partial charge < -0.3 is 5.11 Å². The third kappa shape index (κ3) is 1.95. The molecule has 0 saturated carbocycles. The second-order valence-electron chi connectivity index (χ2n) is 1.43. The lowest BCUT2D eigenvalue weighted by molar-refractivity contribution is 0.415. The summed E-state index contributed by atoms with van der Waals surface area (Å²) in [5, 5.41) is 8.76. The zero-order valence-electron chi connectivity index (χ0n) is 4.71. The van der Waals surface area contributed by atoms with E-state index < -0.39 is 5.95 Å². The van der Waals surface area contributed by atoms with Crippen LogP contribution in [0.2, 0.25) is 0 Å². The molecule has 5 heteroatoms. The summed E-state index contributed by atoms with van der Waals surface area (Å²) in [6, 6.07) is 1.53. The number of halogens is 3. The molecule has 0 amide bonds. The van der Waals surface area contributed by atoms with E-state index in [1.54, 1.807) is 0 Å². The lowest BCUT2D eigenvalue weighted by atomic mass is 10.5. The fourth-order valence-corrected chi connectivity index (χ4v) is 0.790. The normalized spacial score (nSPS) is 8.60. The summed E-state index contributed by atoms with van der Waals surface area (Å²) in [6.45, 7) is 0. The first-order valence-electron chi connectivity index (χ1n) is 2.21. The van der Waals surface area contributed by atoms with Crippen LogP contribution in [0.4, 0.5) is 4.39 Å². The van der Waals surface area contributed by atoms with Crippen molar-refractivity contribution in [1.82, 2.24) is 4.98 Å². The molecule has 0 aliphatic heterocycles. The maximum atomic E-state index is 12.2. The van der Waals surface area contributed by atoms with Crippen LogP contribution < -0.4 is 0 Å². The highest BCUT2D eigenvalue weighted by molar-refractivity contribution is 14.1. The van der Waals surface area contributed by atoms with Gasteiger partial charge in [0.15, 0.2) is 5.75 Å². The van der Waals surface area contributed by atoms with Crippen LogP contribution in [0.3, 0.4) is 0 Å². The first-order chi connectivity index (χ1) is 4.22. The zero-order valence-corrected chi connectivity index (χ0v) is 7.69. The van der Waals surface area contributed by atoms with Crippen LogP contribution in [-0.2, 0) is 0 Å². The van der Waals surface area contributed by atoms with Crippen molar-refractivity contribution in [2.75, 3.05) is 0 Å². The van der Waals surface area contributed by atoms with Crippen LogP contribution in [-0.4, -0.2) is 10.1 Å². The largest absolute Gasteiger partial charge is 0.503 e. The average Bonchev–Trinajstić information content (AvgIpc) is 1.83. The highest BCUT2D eigenvalue weighted by Gasteiger charge is 2.02. The predicted octanol–water partition coefficient (Wildman–Crippen LogP) is 1.95. The van der Waals surface area contributed by atoms with Crippen LogP contribution in [0, 0.1) is 9.52 Å². The molecule has 10 heavy (non-hydrogen) atoms. The van der Waals surface area contributed by atoms with Gasteiger partial charge in [-0.2, -0.15) is 4.39 Å². The van der Waals surface area contributed by atoms with Crippen molar-refractivity contribution in [2.24, 2.45) is 0 Å². The molecule has 2 nitrogen and oxygen atoms in total. The van der Waals surface area contributed by atoms with Gasteiger partial charge in [-0.25, -0.2) is 4.98 Å². The minimum absolute atomic E-state index is 0. The fraction of sp³-hybridized carbons (Fsp3) is 0. The Labute approximate surface area is 77.0 Å². The summed E-state index contributed by atoms with van der Waals surface area (Å²) in [5.41, 5.74) is 0. The maximum absolute atomic E-state index is 12.2. The Bertz CT molecular complexity index is 213. The van der Waals surface area contributed by atoms with E-state index in [0.717, 1.165) is 0 Å². The molecule has 0 fully saturated rings. The van der Waals surface area contributed by atoms with Gasteiger partial charge in [0.1, 0.15) is 0 Å². The highest BCUT2D eigenvalue weighted by Crippen LogP contribution is 2.19. The van der Waals surface area contributed by atoms with Crippen molar-refractivity contribution in [3.8, 4) is 5.75 Å². The second kappa shape index (κ2) is 3.92. The lowest BCUT2D eigenvalue weighted by Crippen LogP contribution is -1.83. The minimum atomic E-state index is -0.818. The number of aromatic hydroxyl groups is 1. The minimum Gasteiger partial charge on any atom is -0.503 e. The van der Waals surface area contributed by atoms with Gasteiger partial charge in [-0.15, -0.1) is 12.4 Å². The second-order valence-corrected chi connectivity index (χ2v) is 2.59. The number of aromatic nitrogens is 1. The standard InChI is InChI=1S/C5H3FINO.ClH/c6-5-4(9)3(7)1-2-8-5;/h1-2,9H;1H. The van der Waals surface area contributed by atoms with E-state index in [1.807, 2.05) is 22.6 Å². The first kappa shape index (κ1) is 9.90. The molecule has 0 bridgehead atoms. The fourth-order valence-electron chi connectivity index (χ4n) is 0.407. The van der Waals surface area contributed by atoms with Crippen molar-refractivity contribution < 1.29 is 9.50 Å². The van der Waals surface area contributed by atoms with Crippen LogP contribution >= 0.6 is 35.0 Å². The van der Waals surface area contributed by atoms with Crippen LogP contribution in [0.15, 0.2) is 12.3 Å². The van der Waals surface area contributed by atoms with Gasteiger partial charge in [-0.05, 0) is 28.7 Å². The molecule has 0 radical (unpaired) electrons. The number of hydrogen-bond acceptors (Lipinski definition) is 2. The molecule has 0 atom stereocenters. The Hall–Kier alpha value is -0.100. The van der Waals surface area contributed by atoms with Gasteiger partial charge in [0.25, 0.3) is 5.95 Å². The molecule has 0 aromatic carbocycles. The van der Waals surface area contributed by atoms with Crippen molar-refractivity contribution in [1.29, 1.82) is 0 Å². The quantitative estimate of drug-likeness (QED) is 0.580. The molecule has 0 aliphatic carbocycles. The Morgan fingerprint density at radius 1 is 1.60 bits per heavy atom. The monoisotopic (exact) mass is 275 g/mol. The number of hydrogen-bond donors (Lipinski definition) is 1. The third-order valence-corrected chi connectivity index (χ3v) is 1.70. The van der Waals surface area contributed by atoms with Gasteiger partial charge in [0.05, 0.1) is 3.57 Å². The van der Waals surface area contributed by atoms with Crippen molar-refractivity contribution in [3.05, 3.63) is 21.8 Å². The van der Waals surface area contributed by atoms with Crippen LogP contribution in [0.25, 0.3) is 0 Å². The van der Waals surface area contributed by atoms with E-state index in [2.05, 4.69) is 4.98 Å². The first-order valence-corrected chi connectivity index (χ1v) is 3.28. The van der Waals surface area contributed by atoms with E-state index >= 15 is 0 Å². The summed E-state index contributed by atoms with van der Waals surface area (Å²) in [7, 11) is 0. The zero-order chi connectivity index (χ0) is 6.85. The molecule has 56 valence electrons. The summed E-state index contributed by atoms with van der Waals surface area (Å²) in [4.78, 5) is 3.22. The van der Waals surface area contributed by atoms with Crippen LogP contribution in [0.5, 0.6) is 5.75 Å². The van der Waals surface area contributed by atoms with E-state index in [9.17, 15) is 4.39 Å². The number of pyridine rings is 1. The van der Waals surface area contributed by atoms with Gasteiger partial charge >= 0.3 is 0 Å². The van der Waals surface area contributed by atoms with Gasteiger partial charge in [0, 0.05) is 6.20 Å². The summed E-state index contributed by atoms with van der Waals surface area (Å²) < 4.78 is 12.7. The summed E-state index contributed by atoms with van der Waals surface area (Å²) in [5.74, 6) is -1.19. The molecule has 1 N–H and O–H groups in total. The highest BCUT2D eigenvalue weighted by atomic mass is 127. The average molecular weight is 275 g/mol. The molecule has 0 aliphatic rings. The molecule has 0 saturated heterocycles. The van der Waals surface area contributed by atoms with Crippen molar-refractivity contribution in [2.45, 2.75) is 0 Å². The predicted molar refractivity (Wildman–Crippen MR) is 45.8 cm³/mol. The Morgan fingerprint density at radius 3 is 2.60 bits per heavy atom. The maximum Gasteiger partial charge on any atom is 0.256 e. The smallest absolute Gasteiger partial charge is 0.256 e. The Morgan fingerprint density at radius 2 is 2.20 bits per heavy atom. The van der Waals surface area contributed by atoms with Gasteiger partial charge in [0.2, 0.25) is 0 Å². The molecular weight excluding hydrogens is 271 g/mol. The molecule has 1 rings (SSSR count). The molecule has 1 aromatic heterocycles. The molecule has 0 spiro atoms. The van der Waals surface area contributed by atoms with Crippen LogP contribution in [0.1, 0.15) is 0 Å². The summed E-state index contributed by atoms with van der Waals surface area (Å²) in [6.07, 6.45) is 1.30. The molecule has 1 heterocycles. The van der Waals surface area contributed by atoms with Crippen molar-refractivity contribution >= 4 is 35.0 Å². The Kier molecular flexibility index (Phi) is 3.88. The SMILES string of the molecule is Cl.Oc1c(I)ccnc1F. The molecule has 1 aromatic rings. The number of rotatable bonds is 0. The van der Waals surface area contributed by atoms with Gasteiger partial charge in [-0.3, -0.25) is 0 Å². The van der Waals surface area contributed by atoms with Gasteiger partial charge in [-0.1, -0.05) is 0 Å².